The van der Waals surface area contributed by atoms with Crippen molar-refractivity contribution in [3.63, 3.8) is 0 Å². The predicted molar refractivity (Wildman–Crippen MR) is 68.2 cm³/mol. The van der Waals surface area contributed by atoms with Crippen LogP contribution in [-0.4, -0.2) is 25.9 Å². The number of halogens is 1. The van der Waals surface area contributed by atoms with Crippen LogP contribution in [0.3, 0.4) is 0 Å². The van der Waals surface area contributed by atoms with Crippen molar-refractivity contribution in [2.75, 3.05) is 19.8 Å². The van der Waals surface area contributed by atoms with Crippen molar-refractivity contribution >= 4 is 11.6 Å². The van der Waals surface area contributed by atoms with E-state index >= 15 is 0 Å². The lowest BCUT2D eigenvalue weighted by Crippen LogP contribution is -2.21. The van der Waals surface area contributed by atoms with Gasteiger partial charge in [0, 0.05) is 18.2 Å². The molecular formula is C13H18ClNO2. The Labute approximate surface area is 107 Å². The highest BCUT2D eigenvalue weighted by molar-refractivity contribution is 6.30. The van der Waals surface area contributed by atoms with Crippen molar-refractivity contribution in [3.05, 3.63) is 34.9 Å². The summed E-state index contributed by atoms with van der Waals surface area (Å²) in [6.07, 6.45) is 2.37. The van der Waals surface area contributed by atoms with E-state index in [0.29, 0.717) is 13.2 Å². The fourth-order valence-electron chi connectivity index (χ4n) is 1.98. The van der Waals surface area contributed by atoms with Crippen molar-refractivity contribution in [2.24, 2.45) is 5.73 Å². The van der Waals surface area contributed by atoms with Gasteiger partial charge in [0.15, 0.2) is 0 Å². The van der Waals surface area contributed by atoms with Crippen LogP contribution in [-0.2, 0) is 9.47 Å². The van der Waals surface area contributed by atoms with Crippen LogP contribution in [0.15, 0.2) is 24.3 Å². The number of hydrogen-bond donors (Lipinski definition) is 1. The molecule has 0 saturated carbocycles. The number of rotatable bonds is 5. The molecular weight excluding hydrogens is 238 g/mol. The quantitative estimate of drug-likeness (QED) is 0.879. The minimum absolute atomic E-state index is 0.0727. The fourth-order valence-corrected chi connectivity index (χ4v) is 2.10. The summed E-state index contributed by atoms with van der Waals surface area (Å²) in [5.74, 6) is 0. The molecule has 0 aromatic heterocycles. The molecule has 1 aliphatic heterocycles. The molecule has 1 aromatic carbocycles. The molecule has 0 bridgehead atoms. The van der Waals surface area contributed by atoms with E-state index in [4.69, 9.17) is 26.8 Å². The highest BCUT2D eigenvalue weighted by atomic mass is 35.5. The summed E-state index contributed by atoms with van der Waals surface area (Å²) in [4.78, 5) is 0. The SMILES string of the molecule is NCC(OCC1CCCO1)c1ccc(Cl)cc1. The molecule has 4 heteroatoms. The third-order valence-electron chi connectivity index (χ3n) is 2.96. The van der Waals surface area contributed by atoms with E-state index in [-0.39, 0.29) is 12.2 Å². The minimum atomic E-state index is -0.0727. The van der Waals surface area contributed by atoms with Crippen LogP contribution < -0.4 is 5.73 Å². The van der Waals surface area contributed by atoms with Crippen LogP contribution in [0.25, 0.3) is 0 Å². The number of nitrogens with two attached hydrogens (primary N) is 1. The Bertz CT molecular complexity index is 336. The van der Waals surface area contributed by atoms with Crippen LogP contribution in [0.5, 0.6) is 0 Å². The Morgan fingerprint density at radius 1 is 1.41 bits per heavy atom. The molecule has 2 unspecified atom stereocenters. The maximum atomic E-state index is 5.85. The average molecular weight is 256 g/mol. The van der Waals surface area contributed by atoms with Gasteiger partial charge in [0.2, 0.25) is 0 Å². The zero-order valence-corrected chi connectivity index (χ0v) is 10.5. The maximum absolute atomic E-state index is 5.85. The molecule has 94 valence electrons. The van der Waals surface area contributed by atoms with E-state index in [9.17, 15) is 0 Å². The van der Waals surface area contributed by atoms with Crippen molar-refractivity contribution in [3.8, 4) is 0 Å². The van der Waals surface area contributed by atoms with E-state index in [2.05, 4.69) is 0 Å². The van der Waals surface area contributed by atoms with Gasteiger partial charge in [-0.05, 0) is 30.5 Å². The van der Waals surface area contributed by atoms with Crippen LogP contribution >= 0.6 is 11.6 Å². The summed E-state index contributed by atoms with van der Waals surface area (Å²) in [6, 6.07) is 7.62. The van der Waals surface area contributed by atoms with Crippen molar-refractivity contribution in [2.45, 2.75) is 25.0 Å². The second kappa shape index (κ2) is 6.36. The largest absolute Gasteiger partial charge is 0.376 e. The standard InChI is InChI=1S/C13H18ClNO2/c14-11-5-3-10(4-6-11)13(8-15)17-9-12-2-1-7-16-12/h3-6,12-13H,1-2,7-9,15H2. The first-order chi connectivity index (χ1) is 8.29. The monoisotopic (exact) mass is 255 g/mol. The Hall–Kier alpha value is -0.610. The second-order valence-electron chi connectivity index (χ2n) is 4.24. The van der Waals surface area contributed by atoms with Crippen LogP contribution in [0.1, 0.15) is 24.5 Å². The lowest BCUT2D eigenvalue weighted by molar-refractivity contribution is -0.0181. The van der Waals surface area contributed by atoms with E-state index in [1.165, 1.54) is 0 Å². The fraction of sp³-hybridized carbons (Fsp3) is 0.538. The first kappa shape index (κ1) is 12.8. The van der Waals surface area contributed by atoms with Gasteiger partial charge in [-0.2, -0.15) is 0 Å². The normalized spacial score (nSPS) is 21.6. The summed E-state index contributed by atoms with van der Waals surface area (Å²) in [7, 11) is 0. The van der Waals surface area contributed by atoms with E-state index in [1.54, 1.807) is 0 Å². The Morgan fingerprint density at radius 2 is 2.18 bits per heavy atom. The second-order valence-corrected chi connectivity index (χ2v) is 4.68. The smallest absolute Gasteiger partial charge is 0.0948 e. The predicted octanol–water partition coefficient (Wildman–Crippen LogP) is 2.54. The third-order valence-corrected chi connectivity index (χ3v) is 3.22. The van der Waals surface area contributed by atoms with Gasteiger partial charge in [-0.1, -0.05) is 23.7 Å². The molecule has 0 radical (unpaired) electrons. The molecule has 0 aliphatic carbocycles. The van der Waals surface area contributed by atoms with Crippen molar-refractivity contribution < 1.29 is 9.47 Å². The Kier molecular flexibility index (Phi) is 4.80. The van der Waals surface area contributed by atoms with Gasteiger partial charge in [0.05, 0.1) is 18.8 Å². The molecule has 0 spiro atoms. The lowest BCUT2D eigenvalue weighted by Gasteiger charge is -2.19. The molecule has 3 nitrogen and oxygen atoms in total. The molecule has 2 N–H and O–H groups in total. The van der Waals surface area contributed by atoms with Gasteiger partial charge in [-0.3, -0.25) is 0 Å². The van der Waals surface area contributed by atoms with E-state index < -0.39 is 0 Å². The first-order valence-corrected chi connectivity index (χ1v) is 6.36. The number of ether oxygens (including phenoxy) is 2. The number of benzene rings is 1. The zero-order valence-electron chi connectivity index (χ0n) is 9.77. The third kappa shape index (κ3) is 3.68. The van der Waals surface area contributed by atoms with Gasteiger partial charge >= 0.3 is 0 Å². The van der Waals surface area contributed by atoms with Gasteiger partial charge in [-0.15, -0.1) is 0 Å². The van der Waals surface area contributed by atoms with Crippen molar-refractivity contribution in [1.82, 2.24) is 0 Å². The molecule has 2 atom stereocenters. The molecule has 1 fully saturated rings. The summed E-state index contributed by atoms with van der Waals surface area (Å²) >= 11 is 5.85. The average Bonchev–Trinajstić information content (AvgIpc) is 2.85. The van der Waals surface area contributed by atoms with Crippen LogP contribution in [0, 0.1) is 0 Å². The molecule has 1 saturated heterocycles. The summed E-state index contributed by atoms with van der Waals surface area (Å²) < 4.78 is 11.3. The lowest BCUT2D eigenvalue weighted by atomic mass is 10.1. The molecule has 2 rings (SSSR count). The molecule has 17 heavy (non-hydrogen) atoms. The molecule has 1 heterocycles. The molecule has 0 amide bonds. The first-order valence-electron chi connectivity index (χ1n) is 5.98. The van der Waals surface area contributed by atoms with Gasteiger partial charge in [-0.25, -0.2) is 0 Å². The van der Waals surface area contributed by atoms with Gasteiger partial charge < -0.3 is 15.2 Å². The number of hydrogen-bond acceptors (Lipinski definition) is 3. The van der Waals surface area contributed by atoms with E-state index in [1.807, 2.05) is 24.3 Å². The Balaban J connectivity index is 1.89. The molecule has 1 aromatic rings. The maximum Gasteiger partial charge on any atom is 0.0948 e. The highest BCUT2D eigenvalue weighted by Gasteiger charge is 2.18. The highest BCUT2D eigenvalue weighted by Crippen LogP contribution is 2.21. The summed E-state index contributed by atoms with van der Waals surface area (Å²) in [5.41, 5.74) is 6.79. The topological polar surface area (TPSA) is 44.5 Å². The summed E-state index contributed by atoms with van der Waals surface area (Å²) in [6.45, 7) is 1.93. The zero-order chi connectivity index (χ0) is 12.1. The van der Waals surface area contributed by atoms with Gasteiger partial charge in [0.25, 0.3) is 0 Å². The van der Waals surface area contributed by atoms with Crippen LogP contribution in [0.2, 0.25) is 5.02 Å². The van der Waals surface area contributed by atoms with Gasteiger partial charge in [0.1, 0.15) is 0 Å². The Morgan fingerprint density at radius 3 is 2.76 bits per heavy atom. The van der Waals surface area contributed by atoms with E-state index in [0.717, 1.165) is 30.0 Å². The molecule has 1 aliphatic rings. The van der Waals surface area contributed by atoms with Crippen LogP contribution in [0.4, 0.5) is 0 Å². The minimum Gasteiger partial charge on any atom is -0.376 e. The summed E-state index contributed by atoms with van der Waals surface area (Å²) in [5, 5.41) is 0.726. The van der Waals surface area contributed by atoms with Crippen molar-refractivity contribution in [1.29, 1.82) is 0 Å².